The van der Waals surface area contributed by atoms with E-state index in [1.165, 1.54) is 0 Å². The first kappa shape index (κ1) is 43.8. The van der Waals surface area contributed by atoms with Crippen LogP contribution >= 0.6 is 0 Å². The molecule has 3 aliphatic heterocycles. The zero-order valence-electron chi connectivity index (χ0n) is 36.7. The van der Waals surface area contributed by atoms with Gasteiger partial charge in [-0.1, -0.05) is 36.4 Å². The fourth-order valence-electron chi connectivity index (χ4n) is 10.9. The quantitative estimate of drug-likeness (QED) is 0.0520. The van der Waals surface area contributed by atoms with Gasteiger partial charge < -0.3 is 45.0 Å². The lowest BCUT2D eigenvalue weighted by Gasteiger charge is -2.24. The normalized spacial score (nSPS) is 20.5. The maximum absolute atomic E-state index is 12.4. The van der Waals surface area contributed by atoms with Gasteiger partial charge in [-0.15, -0.1) is 0 Å². The Kier molecular flexibility index (Phi) is 13.5. The predicted octanol–water partition coefficient (Wildman–Crippen LogP) is 5.81. The topological polar surface area (TPSA) is 166 Å². The number of nitrogens with one attached hydrogen (secondary N) is 3. The summed E-state index contributed by atoms with van der Waals surface area (Å²) in [7, 11) is 0. The molecule has 0 spiro atoms. The Bertz CT molecular complexity index is 2300. The number of rotatable bonds is 21. The Morgan fingerprint density at radius 2 is 0.812 bits per heavy atom. The number of nitrogens with zero attached hydrogens (tertiary/aromatic N) is 4. The second-order valence-electron chi connectivity index (χ2n) is 18.8. The summed E-state index contributed by atoms with van der Waals surface area (Å²) in [6, 6.07) is 25.6. The second-order valence-corrected chi connectivity index (χ2v) is 18.8. The molecule has 3 saturated heterocycles. The molecule has 13 heteroatoms. The van der Waals surface area contributed by atoms with Gasteiger partial charge in [0.25, 0.3) is 0 Å². The SMILES string of the molecule is O=C(O)[C@@H](Cc1ccc2ccn(CCN(CCn3ccc4ccc(C[C@H](C(=O)O)[C@H]5CCNC5)cc43)CCn3ccc4ccc(C[C@H](C(=O)O)[C@H]5CCNC5)cc43)c2c1)[C@H]1CCNC1. The van der Waals surface area contributed by atoms with Gasteiger partial charge in [0.2, 0.25) is 0 Å². The molecule has 0 aliphatic carbocycles. The van der Waals surface area contributed by atoms with Crippen LogP contribution < -0.4 is 16.0 Å². The van der Waals surface area contributed by atoms with Gasteiger partial charge in [0.15, 0.2) is 0 Å². The third-order valence-corrected chi connectivity index (χ3v) is 14.8. The molecule has 0 unspecified atom stereocenters. The summed E-state index contributed by atoms with van der Waals surface area (Å²) in [6.07, 6.45) is 10.6. The van der Waals surface area contributed by atoms with Crippen LogP contribution in [0.25, 0.3) is 32.7 Å². The van der Waals surface area contributed by atoms with Crippen molar-refractivity contribution in [3.8, 4) is 0 Å². The predicted molar refractivity (Wildman–Crippen MR) is 250 cm³/mol. The molecule has 3 fully saturated rings. The zero-order chi connectivity index (χ0) is 44.2. The van der Waals surface area contributed by atoms with Gasteiger partial charge in [-0.3, -0.25) is 19.3 Å². The van der Waals surface area contributed by atoms with E-state index in [1.807, 2.05) is 0 Å². The summed E-state index contributed by atoms with van der Waals surface area (Å²) < 4.78 is 6.89. The first-order chi connectivity index (χ1) is 31.2. The average molecular weight is 870 g/mol. The molecule has 338 valence electrons. The van der Waals surface area contributed by atoms with Crippen molar-refractivity contribution in [2.45, 2.75) is 58.2 Å². The molecule has 3 aliphatic rings. The van der Waals surface area contributed by atoms with E-state index in [4.69, 9.17) is 0 Å². The highest BCUT2D eigenvalue weighted by molar-refractivity contribution is 5.83. The number of hydrogen-bond donors (Lipinski definition) is 6. The van der Waals surface area contributed by atoms with Crippen LogP contribution in [-0.4, -0.2) is 111 Å². The van der Waals surface area contributed by atoms with Crippen LogP contribution in [0.4, 0.5) is 0 Å². The molecule has 6 atom stereocenters. The van der Waals surface area contributed by atoms with Crippen molar-refractivity contribution in [3.63, 3.8) is 0 Å². The molecule has 3 aromatic heterocycles. The Morgan fingerprint density at radius 3 is 1.08 bits per heavy atom. The van der Waals surface area contributed by atoms with E-state index in [0.717, 1.165) is 147 Å². The monoisotopic (exact) mass is 869 g/mol. The number of benzene rings is 3. The first-order valence-corrected chi connectivity index (χ1v) is 23.4. The molecule has 13 nitrogen and oxygen atoms in total. The fraction of sp³-hybridized carbons (Fsp3) is 0.471. The first-order valence-electron chi connectivity index (χ1n) is 23.4. The molecule has 6 heterocycles. The number of carboxylic acids is 3. The van der Waals surface area contributed by atoms with Crippen molar-refractivity contribution in [3.05, 3.63) is 108 Å². The smallest absolute Gasteiger partial charge is 0.307 e. The third-order valence-electron chi connectivity index (χ3n) is 14.8. The van der Waals surface area contributed by atoms with E-state index in [2.05, 4.69) is 126 Å². The van der Waals surface area contributed by atoms with Crippen LogP contribution in [-0.2, 0) is 53.3 Å². The molecule has 0 amide bonds. The Labute approximate surface area is 374 Å². The minimum Gasteiger partial charge on any atom is -0.481 e. The fourth-order valence-corrected chi connectivity index (χ4v) is 10.9. The van der Waals surface area contributed by atoms with E-state index in [1.54, 1.807) is 0 Å². The molecule has 6 N–H and O–H groups in total. The number of aliphatic carboxylic acids is 3. The van der Waals surface area contributed by atoms with E-state index in [9.17, 15) is 29.7 Å². The van der Waals surface area contributed by atoms with Crippen molar-refractivity contribution in [1.29, 1.82) is 0 Å². The Balaban J connectivity index is 0.939. The van der Waals surface area contributed by atoms with Crippen LogP contribution in [0, 0.1) is 35.5 Å². The van der Waals surface area contributed by atoms with E-state index in [0.29, 0.717) is 19.3 Å². The van der Waals surface area contributed by atoms with E-state index >= 15 is 0 Å². The molecule has 9 rings (SSSR count). The summed E-state index contributed by atoms with van der Waals surface area (Å²) in [5, 5.41) is 43.9. The Morgan fingerprint density at radius 1 is 0.500 bits per heavy atom. The zero-order valence-corrected chi connectivity index (χ0v) is 36.7. The summed E-state index contributed by atoms with van der Waals surface area (Å²) in [6.45, 7) is 9.50. The Hall–Kier alpha value is -5.47. The lowest BCUT2D eigenvalue weighted by molar-refractivity contribution is -0.144. The van der Waals surface area contributed by atoms with Crippen LogP contribution in [0.15, 0.2) is 91.4 Å². The molecular weight excluding hydrogens is 807 g/mol. The van der Waals surface area contributed by atoms with Gasteiger partial charge in [0, 0.05) is 74.4 Å². The van der Waals surface area contributed by atoms with Crippen molar-refractivity contribution >= 4 is 50.6 Å². The van der Waals surface area contributed by atoms with E-state index in [-0.39, 0.29) is 17.8 Å². The maximum atomic E-state index is 12.4. The average Bonchev–Trinajstić information content (AvgIpc) is 4.16. The van der Waals surface area contributed by atoms with Gasteiger partial charge in [-0.25, -0.2) is 0 Å². The molecule has 0 saturated carbocycles. The summed E-state index contributed by atoms with van der Waals surface area (Å²) in [5.74, 6) is -3.03. The minimum absolute atomic E-state index is 0.133. The lowest BCUT2D eigenvalue weighted by atomic mass is 9.86. The van der Waals surface area contributed by atoms with E-state index < -0.39 is 35.7 Å². The second kappa shape index (κ2) is 19.7. The van der Waals surface area contributed by atoms with Crippen molar-refractivity contribution in [1.82, 2.24) is 34.6 Å². The largest absolute Gasteiger partial charge is 0.481 e. The van der Waals surface area contributed by atoms with Crippen LogP contribution in [0.3, 0.4) is 0 Å². The van der Waals surface area contributed by atoms with Gasteiger partial charge in [-0.2, -0.15) is 0 Å². The number of aromatic nitrogens is 3. The molecule has 3 aromatic carbocycles. The summed E-state index contributed by atoms with van der Waals surface area (Å²) >= 11 is 0. The molecular formula is C51H63N7O6. The van der Waals surface area contributed by atoms with Crippen LogP contribution in [0.2, 0.25) is 0 Å². The van der Waals surface area contributed by atoms with Crippen molar-refractivity contribution in [2.75, 3.05) is 58.9 Å². The number of carboxylic acid groups (broad SMARTS) is 3. The van der Waals surface area contributed by atoms with Gasteiger partial charge in [-0.05, 0) is 165 Å². The highest BCUT2D eigenvalue weighted by Gasteiger charge is 2.33. The minimum atomic E-state index is -0.727. The number of fused-ring (bicyclic) bond motifs is 3. The number of carbonyl (C=O) groups is 3. The summed E-state index contributed by atoms with van der Waals surface area (Å²) in [4.78, 5) is 39.6. The van der Waals surface area contributed by atoms with Gasteiger partial charge >= 0.3 is 17.9 Å². The van der Waals surface area contributed by atoms with Crippen LogP contribution in [0.1, 0.15) is 36.0 Å². The number of hydrogen-bond acceptors (Lipinski definition) is 7. The van der Waals surface area contributed by atoms with Gasteiger partial charge in [0.1, 0.15) is 0 Å². The highest BCUT2D eigenvalue weighted by atomic mass is 16.4. The summed E-state index contributed by atoms with van der Waals surface area (Å²) in [5.41, 5.74) is 6.47. The molecule has 0 bridgehead atoms. The lowest BCUT2D eigenvalue weighted by Crippen LogP contribution is -2.33. The maximum Gasteiger partial charge on any atom is 0.307 e. The van der Waals surface area contributed by atoms with Gasteiger partial charge in [0.05, 0.1) is 17.8 Å². The molecule has 6 aromatic rings. The molecule has 64 heavy (non-hydrogen) atoms. The highest BCUT2D eigenvalue weighted by Crippen LogP contribution is 2.29. The molecule has 0 radical (unpaired) electrons. The standard InChI is InChI=1S/C51H63N7O6/c59-49(60)43(40-7-13-52-31-40)25-34-1-4-37-10-16-56(46(37)28-34)22-19-55(20-23-57-17-11-38-5-2-35(29-47(38)57)26-44(50(61)62)41-8-14-53-32-41)21-24-58-18-12-39-6-3-36(30-48(39)58)27-45(51(63)64)42-9-15-54-33-42/h1-6,10-12,16-18,28-30,40-45,52-54H,7-9,13-15,19-27,31-33H2,(H,59,60)(H,61,62)(H,63,64)/t40-,41-,42-,43-,44-,45-/m0/s1. The van der Waals surface area contributed by atoms with Crippen LogP contribution in [0.5, 0.6) is 0 Å². The third kappa shape index (κ3) is 9.92. The van der Waals surface area contributed by atoms with Crippen molar-refractivity contribution < 1.29 is 29.7 Å². The van der Waals surface area contributed by atoms with Crippen molar-refractivity contribution in [2.24, 2.45) is 35.5 Å².